The fourth-order valence-electron chi connectivity index (χ4n) is 3.32. The molecule has 2 aliphatic rings. The number of allylic oxidation sites excluding steroid dienone is 2. The first kappa shape index (κ1) is 27.3. The van der Waals surface area contributed by atoms with Crippen molar-refractivity contribution in [3.8, 4) is 0 Å². The van der Waals surface area contributed by atoms with Crippen molar-refractivity contribution in [2.75, 3.05) is 11.4 Å². The van der Waals surface area contributed by atoms with Gasteiger partial charge in [-0.05, 0) is 18.6 Å². The molecule has 1 aromatic carbocycles. The topological polar surface area (TPSA) is 17.3 Å². The number of anilines is 1. The van der Waals surface area contributed by atoms with Crippen LogP contribution in [0.3, 0.4) is 0 Å². The Morgan fingerprint density at radius 1 is 1.20 bits per heavy atom. The van der Waals surface area contributed by atoms with Gasteiger partial charge in [0.2, 0.25) is 0 Å². The third-order valence-electron chi connectivity index (χ3n) is 3.81. The Balaban J connectivity index is 0. The van der Waals surface area contributed by atoms with Crippen LogP contribution in [0.4, 0.5) is 5.69 Å². The number of likely N-dealkylation sites (N-methyl/N-ethyl adjacent to an activating group) is 1. The zero-order chi connectivity index (χ0) is 16.3. The summed E-state index contributed by atoms with van der Waals surface area (Å²) >= 11 is 0. The van der Waals surface area contributed by atoms with E-state index in [0.717, 1.165) is 6.54 Å². The van der Waals surface area contributed by atoms with Crippen molar-refractivity contribution in [1.82, 2.24) is 0 Å². The fraction of sp³-hybridized carbons (Fsp3) is 0.526. The minimum absolute atomic E-state index is 0. The summed E-state index contributed by atoms with van der Waals surface area (Å²) in [4.78, 5) is 6.95. The molecule has 0 N–H and O–H groups in total. The molecule has 6 heteroatoms. The molecular weight excluding hydrogens is 403 g/mol. The predicted molar refractivity (Wildman–Crippen MR) is 99.8 cm³/mol. The summed E-state index contributed by atoms with van der Waals surface area (Å²) in [6.07, 6.45) is 5.76. The molecule has 1 unspecified atom stereocenters. The van der Waals surface area contributed by atoms with Gasteiger partial charge in [-0.3, -0.25) is 0 Å². The number of hydrogen-bond donors (Lipinski definition) is 0. The maximum Gasteiger partial charge on any atom is 4.00 e. The van der Waals surface area contributed by atoms with Gasteiger partial charge < -0.3 is 34.7 Å². The van der Waals surface area contributed by atoms with Crippen molar-refractivity contribution in [2.45, 2.75) is 58.7 Å². The molecule has 0 aromatic heterocycles. The minimum Gasteiger partial charge on any atom is -1.00 e. The van der Waals surface area contributed by atoms with Crippen LogP contribution in [0.1, 0.15) is 45.6 Å². The quantitative estimate of drug-likeness (QED) is 0.456. The zero-order valence-electron chi connectivity index (χ0n) is 16.1. The van der Waals surface area contributed by atoms with E-state index in [1.165, 1.54) is 23.4 Å². The summed E-state index contributed by atoms with van der Waals surface area (Å²) < 4.78 is 0. The molecule has 0 fully saturated rings. The van der Waals surface area contributed by atoms with Gasteiger partial charge in [-0.25, -0.2) is 12.5 Å². The van der Waals surface area contributed by atoms with E-state index in [1.807, 2.05) is 0 Å². The van der Waals surface area contributed by atoms with Crippen LogP contribution in [0, 0.1) is 6.42 Å². The first-order valence-electron chi connectivity index (χ1n) is 8.26. The zero-order valence-corrected chi connectivity index (χ0v) is 20.2. The summed E-state index contributed by atoms with van der Waals surface area (Å²) in [6, 6.07) is 8.78. The second-order valence-corrected chi connectivity index (χ2v) is 9.27. The van der Waals surface area contributed by atoms with E-state index in [2.05, 4.69) is 87.4 Å². The second-order valence-electron chi connectivity index (χ2n) is 7.15. The molecular formula is C19H29Cl2N2SiTi. The normalized spacial score (nSPS) is 16.8. The van der Waals surface area contributed by atoms with E-state index in [1.54, 1.807) is 0 Å². The van der Waals surface area contributed by atoms with Gasteiger partial charge >= 0.3 is 21.7 Å². The van der Waals surface area contributed by atoms with Crippen LogP contribution in [0.15, 0.2) is 36.0 Å². The molecule has 1 aliphatic heterocycles. The summed E-state index contributed by atoms with van der Waals surface area (Å²) in [6.45, 7) is 14.1. The van der Waals surface area contributed by atoms with Crippen LogP contribution in [0.2, 0.25) is 13.1 Å². The Hall–Kier alpha value is 0.101. The third-order valence-corrected chi connectivity index (χ3v) is 4.93. The van der Waals surface area contributed by atoms with Crippen molar-refractivity contribution < 1.29 is 46.5 Å². The Morgan fingerprint density at radius 3 is 2.28 bits per heavy atom. The maximum atomic E-state index is 4.51. The number of nitrogens with zero attached hydrogens (tertiary/aromatic N) is 2. The standard InChI is InChI=1S/C13H14N.C6H15NSi.2ClH.Ti/c1-2-14-12-8-4-3-6-10(12)11-7-5-9-13(11)14;1-6(2,3)7-8(4)5;;;/h3-6,8-9,11H,2,7H2,1H3;1-5H3;2*1H;/q2*-1;;;+4/p-2. The molecule has 1 heterocycles. The Bertz CT molecular complexity index is 544. The number of para-hydroxylation sites is 1. The molecule has 0 bridgehead atoms. The van der Waals surface area contributed by atoms with Crippen molar-refractivity contribution in [2.24, 2.45) is 0 Å². The molecule has 1 aliphatic carbocycles. The maximum absolute atomic E-state index is 4.51. The third kappa shape index (κ3) is 7.32. The molecule has 3 rings (SSSR count). The minimum atomic E-state index is -0.367. The first-order chi connectivity index (χ1) is 10.3. The largest absolute Gasteiger partial charge is 4.00 e. The van der Waals surface area contributed by atoms with Crippen molar-refractivity contribution in [3.05, 3.63) is 53.0 Å². The average molecular weight is 432 g/mol. The number of rotatable bonds is 2. The van der Waals surface area contributed by atoms with Gasteiger partial charge in [-0.2, -0.15) is 0 Å². The molecule has 1 aromatic rings. The van der Waals surface area contributed by atoms with Gasteiger partial charge in [0.15, 0.2) is 0 Å². The van der Waals surface area contributed by atoms with Gasteiger partial charge in [0.1, 0.15) is 0 Å². The van der Waals surface area contributed by atoms with E-state index >= 15 is 0 Å². The summed E-state index contributed by atoms with van der Waals surface area (Å²) in [5, 5.41) is 0. The van der Waals surface area contributed by atoms with E-state index in [-0.39, 0.29) is 61.0 Å². The van der Waals surface area contributed by atoms with Gasteiger partial charge in [0, 0.05) is 12.2 Å². The van der Waals surface area contributed by atoms with E-state index < -0.39 is 0 Å². The monoisotopic (exact) mass is 431 g/mol. The van der Waals surface area contributed by atoms with Gasteiger partial charge in [0.25, 0.3) is 0 Å². The molecule has 1 atom stereocenters. The number of benzene rings is 1. The second kappa shape index (κ2) is 11.7. The number of halogens is 2. The first-order valence-corrected chi connectivity index (χ1v) is 10.7. The van der Waals surface area contributed by atoms with Crippen molar-refractivity contribution in [3.63, 3.8) is 0 Å². The fourth-order valence-corrected chi connectivity index (χ4v) is 4.66. The summed E-state index contributed by atoms with van der Waals surface area (Å²) in [7, 11) is -0.367. The molecule has 2 nitrogen and oxygen atoms in total. The van der Waals surface area contributed by atoms with Crippen molar-refractivity contribution >= 4 is 14.6 Å². The van der Waals surface area contributed by atoms with E-state index in [4.69, 9.17) is 0 Å². The Morgan fingerprint density at radius 2 is 1.80 bits per heavy atom. The van der Waals surface area contributed by atoms with E-state index in [9.17, 15) is 0 Å². The number of fused-ring (bicyclic) bond motifs is 3. The van der Waals surface area contributed by atoms with Crippen LogP contribution in [-0.4, -0.2) is 21.0 Å². The Labute approximate surface area is 183 Å². The molecule has 0 saturated heterocycles. The van der Waals surface area contributed by atoms with Crippen LogP contribution in [0.25, 0.3) is 4.98 Å². The Kier molecular flexibility index (Phi) is 12.8. The van der Waals surface area contributed by atoms with Crippen LogP contribution in [-0.2, 0) is 21.7 Å². The average Bonchev–Trinajstić information content (AvgIpc) is 2.96. The van der Waals surface area contributed by atoms with Gasteiger partial charge in [-0.15, -0.1) is 17.7 Å². The van der Waals surface area contributed by atoms with Crippen LogP contribution in [0.5, 0.6) is 0 Å². The van der Waals surface area contributed by atoms with Crippen molar-refractivity contribution in [1.29, 1.82) is 0 Å². The van der Waals surface area contributed by atoms with Crippen LogP contribution >= 0.6 is 0 Å². The number of hydrogen-bond acceptors (Lipinski definition) is 1. The molecule has 0 amide bonds. The van der Waals surface area contributed by atoms with Gasteiger partial charge in [-0.1, -0.05) is 66.9 Å². The molecule has 0 saturated carbocycles. The molecule has 137 valence electrons. The smallest absolute Gasteiger partial charge is 1.00 e. The summed E-state index contributed by atoms with van der Waals surface area (Å²) in [5.74, 6) is 0.645. The molecule has 1 radical (unpaired) electrons. The molecule has 25 heavy (non-hydrogen) atoms. The SMILES string of the molecule is CCN1C2=C[CH-]CC2c2ccccc21.C[Si](C)[N-]C(C)(C)C.[Cl-].[Cl-].[Ti+4]. The summed E-state index contributed by atoms with van der Waals surface area (Å²) in [5.41, 5.74) is 4.61. The van der Waals surface area contributed by atoms with Gasteiger partial charge in [0.05, 0.1) is 0 Å². The molecule has 0 spiro atoms. The predicted octanol–water partition coefficient (Wildman–Crippen LogP) is -0.483. The van der Waals surface area contributed by atoms with Crippen LogP contribution < -0.4 is 29.7 Å². The van der Waals surface area contributed by atoms with E-state index in [0.29, 0.717) is 5.92 Å².